The highest BCUT2D eigenvalue weighted by molar-refractivity contribution is 9.10. The van der Waals surface area contributed by atoms with Crippen molar-refractivity contribution in [3.05, 3.63) is 27.7 Å². The third kappa shape index (κ3) is 2.73. The highest BCUT2D eigenvalue weighted by Gasteiger charge is 2.13. The third-order valence-corrected chi connectivity index (χ3v) is 3.15. The van der Waals surface area contributed by atoms with Gasteiger partial charge in [0.25, 0.3) is 0 Å². The summed E-state index contributed by atoms with van der Waals surface area (Å²) in [7, 11) is 1.68. The summed E-state index contributed by atoms with van der Waals surface area (Å²) in [5.41, 5.74) is 8.17. The van der Waals surface area contributed by atoms with Crippen LogP contribution in [0.15, 0.2) is 16.6 Å². The van der Waals surface area contributed by atoms with E-state index in [0.717, 1.165) is 15.8 Å². The van der Waals surface area contributed by atoms with Crippen molar-refractivity contribution in [1.29, 1.82) is 0 Å². The van der Waals surface area contributed by atoms with E-state index in [4.69, 9.17) is 10.5 Å². The lowest BCUT2D eigenvalue weighted by Gasteiger charge is -2.16. The van der Waals surface area contributed by atoms with Gasteiger partial charge < -0.3 is 10.5 Å². The number of rotatable bonds is 3. The molecule has 2 N–H and O–H groups in total. The molecule has 0 heterocycles. The summed E-state index contributed by atoms with van der Waals surface area (Å²) >= 11 is 3.57. The van der Waals surface area contributed by atoms with E-state index in [1.165, 1.54) is 5.56 Å². The fourth-order valence-electron chi connectivity index (χ4n) is 1.56. The van der Waals surface area contributed by atoms with Gasteiger partial charge >= 0.3 is 0 Å². The van der Waals surface area contributed by atoms with Crippen molar-refractivity contribution in [3.8, 4) is 5.75 Å². The van der Waals surface area contributed by atoms with Gasteiger partial charge in [-0.05, 0) is 30.5 Å². The second-order valence-corrected chi connectivity index (χ2v) is 4.91. The van der Waals surface area contributed by atoms with E-state index in [-0.39, 0.29) is 6.04 Å². The van der Waals surface area contributed by atoms with Crippen LogP contribution in [0, 0.1) is 0 Å². The standard InChI is InChI=1S/C12H18BrNO/c1-7(2)9-6-12(15-4)10(8(3)14)5-11(9)13/h5-8H,14H2,1-4H3. The molecule has 1 atom stereocenters. The summed E-state index contributed by atoms with van der Waals surface area (Å²) in [6.07, 6.45) is 0. The van der Waals surface area contributed by atoms with Gasteiger partial charge in [0.05, 0.1) is 7.11 Å². The number of methoxy groups -OCH3 is 1. The van der Waals surface area contributed by atoms with Gasteiger partial charge in [-0.2, -0.15) is 0 Å². The fourth-order valence-corrected chi connectivity index (χ4v) is 2.38. The molecular weight excluding hydrogens is 254 g/mol. The topological polar surface area (TPSA) is 35.2 Å². The van der Waals surface area contributed by atoms with Crippen molar-refractivity contribution in [2.75, 3.05) is 7.11 Å². The van der Waals surface area contributed by atoms with Crippen LogP contribution in [0.25, 0.3) is 0 Å². The normalized spacial score (nSPS) is 13.0. The molecule has 0 fully saturated rings. The van der Waals surface area contributed by atoms with Crippen molar-refractivity contribution in [2.45, 2.75) is 32.7 Å². The zero-order valence-electron chi connectivity index (χ0n) is 9.67. The van der Waals surface area contributed by atoms with Gasteiger partial charge in [-0.25, -0.2) is 0 Å². The summed E-state index contributed by atoms with van der Waals surface area (Å²) in [5, 5.41) is 0. The van der Waals surface area contributed by atoms with E-state index in [1.54, 1.807) is 7.11 Å². The molecule has 84 valence electrons. The van der Waals surface area contributed by atoms with E-state index < -0.39 is 0 Å². The minimum atomic E-state index is -0.0162. The summed E-state index contributed by atoms with van der Waals surface area (Å²) in [5.74, 6) is 1.34. The average Bonchev–Trinajstić information content (AvgIpc) is 2.16. The lowest BCUT2D eigenvalue weighted by atomic mass is 9.98. The summed E-state index contributed by atoms with van der Waals surface area (Å²) in [4.78, 5) is 0. The minimum Gasteiger partial charge on any atom is -0.496 e. The molecule has 0 aliphatic carbocycles. The molecule has 15 heavy (non-hydrogen) atoms. The Bertz CT molecular complexity index is 348. The Morgan fingerprint density at radius 1 is 1.20 bits per heavy atom. The van der Waals surface area contributed by atoms with Gasteiger partial charge in [0.15, 0.2) is 0 Å². The third-order valence-electron chi connectivity index (χ3n) is 2.46. The van der Waals surface area contributed by atoms with Crippen LogP contribution in [0.4, 0.5) is 0 Å². The maximum absolute atomic E-state index is 5.88. The number of hydrogen-bond acceptors (Lipinski definition) is 2. The zero-order valence-corrected chi connectivity index (χ0v) is 11.3. The quantitative estimate of drug-likeness (QED) is 0.912. The lowest BCUT2D eigenvalue weighted by molar-refractivity contribution is 0.406. The van der Waals surface area contributed by atoms with Gasteiger partial charge in [-0.3, -0.25) is 0 Å². The van der Waals surface area contributed by atoms with E-state index in [9.17, 15) is 0 Å². The first kappa shape index (κ1) is 12.5. The van der Waals surface area contributed by atoms with E-state index in [2.05, 4.69) is 41.9 Å². The predicted molar refractivity (Wildman–Crippen MR) is 67.4 cm³/mol. The van der Waals surface area contributed by atoms with Crippen LogP contribution in [-0.4, -0.2) is 7.11 Å². The van der Waals surface area contributed by atoms with Gasteiger partial charge in [0, 0.05) is 16.1 Å². The van der Waals surface area contributed by atoms with Crippen LogP contribution in [0.5, 0.6) is 5.75 Å². The van der Waals surface area contributed by atoms with Crippen molar-refractivity contribution in [1.82, 2.24) is 0 Å². The number of hydrogen-bond donors (Lipinski definition) is 1. The molecular formula is C12H18BrNO. The maximum atomic E-state index is 5.88. The van der Waals surface area contributed by atoms with Gasteiger partial charge in [-0.15, -0.1) is 0 Å². The van der Waals surface area contributed by atoms with Crippen LogP contribution >= 0.6 is 15.9 Å². The maximum Gasteiger partial charge on any atom is 0.123 e. The van der Waals surface area contributed by atoms with Crippen LogP contribution in [0.1, 0.15) is 43.9 Å². The Labute approximate surface area is 99.9 Å². The number of ether oxygens (including phenoxy) is 1. The van der Waals surface area contributed by atoms with Crippen LogP contribution in [0.2, 0.25) is 0 Å². The van der Waals surface area contributed by atoms with Crippen LogP contribution < -0.4 is 10.5 Å². The molecule has 1 unspecified atom stereocenters. The first-order valence-corrected chi connectivity index (χ1v) is 5.89. The summed E-state index contributed by atoms with van der Waals surface area (Å²) in [6, 6.07) is 4.10. The van der Waals surface area contributed by atoms with E-state index in [0.29, 0.717) is 5.92 Å². The van der Waals surface area contributed by atoms with E-state index in [1.807, 2.05) is 6.92 Å². The Hall–Kier alpha value is -0.540. The van der Waals surface area contributed by atoms with Crippen molar-refractivity contribution < 1.29 is 4.74 Å². The second-order valence-electron chi connectivity index (χ2n) is 4.06. The molecule has 0 saturated heterocycles. The molecule has 1 aromatic carbocycles. The number of nitrogens with two attached hydrogens (primary N) is 1. The monoisotopic (exact) mass is 271 g/mol. The number of benzene rings is 1. The molecule has 0 aliphatic rings. The number of halogens is 1. The first-order valence-electron chi connectivity index (χ1n) is 5.10. The Morgan fingerprint density at radius 2 is 1.80 bits per heavy atom. The lowest BCUT2D eigenvalue weighted by Crippen LogP contribution is -2.08. The molecule has 0 bridgehead atoms. The molecule has 1 aromatic rings. The highest BCUT2D eigenvalue weighted by Crippen LogP contribution is 2.34. The minimum absolute atomic E-state index is 0.0162. The molecule has 3 heteroatoms. The Kier molecular flexibility index (Phi) is 4.17. The van der Waals surface area contributed by atoms with Crippen molar-refractivity contribution in [2.24, 2.45) is 5.73 Å². The zero-order chi connectivity index (χ0) is 11.6. The predicted octanol–water partition coefficient (Wildman–Crippen LogP) is 3.60. The Morgan fingerprint density at radius 3 is 2.20 bits per heavy atom. The molecule has 0 radical (unpaired) electrons. The summed E-state index contributed by atoms with van der Waals surface area (Å²) < 4.78 is 6.45. The van der Waals surface area contributed by atoms with Crippen molar-refractivity contribution in [3.63, 3.8) is 0 Å². The molecule has 0 aliphatic heterocycles. The highest BCUT2D eigenvalue weighted by atomic mass is 79.9. The van der Waals surface area contributed by atoms with Crippen LogP contribution in [0.3, 0.4) is 0 Å². The van der Waals surface area contributed by atoms with Gasteiger partial charge in [0.1, 0.15) is 5.75 Å². The molecule has 1 rings (SSSR count). The molecule has 0 spiro atoms. The molecule has 0 amide bonds. The average molecular weight is 272 g/mol. The van der Waals surface area contributed by atoms with Crippen molar-refractivity contribution >= 4 is 15.9 Å². The van der Waals surface area contributed by atoms with E-state index >= 15 is 0 Å². The summed E-state index contributed by atoms with van der Waals surface area (Å²) in [6.45, 7) is 6.27. The van der Waals surface area contributed by atoms with Gasteiger partial charge in [-0.1, -0.05) is 29.8 Å². The van der Waals surface area contributed by atoms with Gasteiger partial charge in [0.2, 0.25) is 0 Å². The first-order chi connectivity index (χ1) is 6.97. The second kappa shape index (κ2) is 4.99. The smallest absolute Gasteiger partial charge is 0.123 e. The molecule has 0 aromatic heterocycles. The molecule has 2 nitrogen and oxygen atoms in total. The molecule has 0 saturated carbocycles. The Balaban J connectivity index is 3.29. The van der Waals surface area contributed by atoms with Crippen LogP contribution in [-0.2, 0) is 0 Å². The largest absolute Gasteiger partial charge is 0.496 e. The fraction of sp³-hybridized carbons (Fsp3) is 0.500. The SMILES string of the molecule is COc1cc(C(C)C)c(Br)cc1C(C)N.